The summed E-state index contributed by atoms with van der Waals surface area (Å²) in [4.78, 5) is 21.0. The molecule has 2 heterocycles. The average molecular weight is 351 g/mol. The van der Waals surface area contributed by atoms with E-state index in [9.17, 15) is 4.79 Å². The molecule has 0 bridgehead atoms. The molecule has 0 fully saturated rings. The van der Waals surface area contributed by atoms with Crippen molar-refractivity contribution in [1.82, 2.24) is 9.97 Å². The Morgan fingerprint density at radius 2 is 2.00 bits per heavy atom. The van der Waals surface area contributed by atoms with E-state index in [1.165, 1.54) is 6.08 Å². The van der Waals surface area contributed by atoms with Crippen molar-refractivity contribution in [1.29, 1.82) is 0 Å². The molecule has 25 heavy (non-hydrogen) atoms. The van der Waals surface area contributed by atoms with Gasteiger partial charge < -0.3 is 5.32 Å². The summed E-state index contributed by atoms with van der Waals surface area (Å²) in [6.07, 6.45) is 3.34. The van der Waals surface area contributed by atoms with Gasteiger partial charge in [0.2, 0.25) is 5.91 Å². The van der Waals surface area contributed by atoms with Gasteiger partial charge in [0.25, 0.3) is 0 Å². The van der Waals surface area contributed by atoms with Crippen LogP contribution in [-0.4, -0.2) is 15.9 Å². The van der Waals surface area contributed by atoms with E-state index in [1.54, 1.807) is 22.9 Å². The molecule has 0 aliphatic rings. The highest BCUT2D eigenvalue weighted by Crippen LogP contribution is 2.23. The molecule has 0 saturated heterocycles. The first-order chi connectivity index (χ1) is 11.8. The summed E-state index contributed by atoms with van der Waals surface area (Å²) in [5, 5.41) is 2.88. The van der Waals surface area contributed by atoms with Gasteiger partial charge in [0.05, 0.1) is 15.7 Å². The molecule has 0 saturated carbocycles. The number of aromatic nitrogens is 2. The highest BCUT2D eigenvalue weighted by Gasteiger charge is 2.15. The highest BCUT2D eigenvalue weighted by atomic mass is 32.1. The van der Waals surface area contributed by atoms with Crippen molar-refractivity contribution >= 4 is 39.2 Å². The van der Waals surface area contributed by atoms with Crippen molar-refractivity contribution < 1.29 is 4.79 Å². The lowest BCUT2D eigenvalue weighted by molar-refractivity contribution is -0.111. The Kier molecular flexibility index (Phi) is 4.68. The van der Waals surface area contributed by atoms with Gasteiger partial charge >= 0.3 is 0 Å². The number of nitrogens with one attached hydrogen (secondary N) is 1. The van der Waals surface area contributed by atoms with Crippen LogP contribution in [0.1, 0.15) is 37.7 Å². The number of nitrogens with zero attached hydrogens (tertiary/aromatic N) is 2. The first-order valence-electron chi connectivity index (χ1n) is 8.13. The lowest BCUT2D eigenvalue weighted by Crippen LogP contribution is -2.14. The second kappa shape index (κ2) is 6.76. The van der Waals surface area contributed by atoms with E-state index < -0.39 is 0 Å². The van der Waals surface area contributed by atoms with Crippen molar-refractivity contribution in [2.24, 2.45) is 0 Å². The van der Waals surface area contributed by atoms with Crippen LogP contribution in [0.4, 0.5) is 5.69 Å². The number of carbonyl (C=O) groups is 1. The van der Waals surface area contributed by atoms with Crippen molar-refractivity contribution in [3.63, 3.8) is 0 Å². The van der Waals surface area contributed by atoms with E-state index in [1.807, 2.05) is 37.3 Å². The molecular formula is C20H21N3OS. The van der Waals surface area contributed by atoms with E-state index in [0.717, 1.165) is 32.9 Å². The van der Waals surface area contributed by atoms with Gasteiger partial charge in [0.15, 0.2) is 0 Å². The van der Waals surface area contributed by atoms with E-state index in [0.29, 0.717) is 0 Å². The SMILES string of the molecule is Cc1nc(C(C)(C)C)ccc1C=CC(=O)Nc1ccc2ncsc2c1. The zero-order chi connectivity index (χ0) is 18.0. The van der Waals surface area contributed by atoms with E-state index >= 15 is 0 Å². The molecule has 0 spiro atoms. The molecule has 0 atom stereocenters. The van der Waals surface area contributed by atoms with Crippen LogP contribution >= 0.6 is 11.3 Å². The summed E-state index contributed by atoms with van der Waals surface area (Å²) in [5.41, 5.74) is 6.43. The smallest absolute Gasteiger partial charge is 0.248 e. The van der Waals surface area contributed by atoms with Gasteiger partial charge in [0.1, 0.15) is 0 Å². The van der Waals surface area contributed by atoms with Crippen LogP contribution in [0.2, 0.25) is 0 Å². The Morgan fingerprint density at radius 1 is 1.20 bits per heavy atom. The van der Waals surface area contributed by atoms with Gasteiger partial charge in [-0.3, -0.25) is 9.78 Å². The van der Waals surface area contributed by atoms with Crippen LogP contribution in [0.25, 0.3) is 16.3 Å². The Labute approximate surface area is 151 Å². The molecule has 3 rings (SSSR count). The molecule has 4 nitrogen and oxygen atoms in total. The Bertz CT molecular complexity index is 951. The Hall–Kier alpha value is -2.53. The highest BCUT2D eigenvalue weighted by molar-refractivity contribution is 7.16. The number of amides is 1. The summed E-state index contributed by atoms with van der Waals surface area (Å²) in [6.45, 7) is 8.37. The number of carbonyl (C=O) groups excluding carboxylic acids is 1. The fourth-order valence-electron chi connectivity index (χ4n) is 2.45. The number of rotatable bonds is 3. The first kappa shape index (κ1) is 17.3. The maximum Gasteiger partial charge on any atom is 0.248 e. The second-order valence-corrected chi connectivity index (χ2v) is 7.86. The molecule has 2 aromatic heterocycles. The minimum Gasteiger partial charge on any atom is -0.322 e. The molecule has 1 amide bonds. The molecule has 0 aliphatic carbocycles. The molecule has 0 unspecified atom stereocenters. The third kappa shape index (κ3) is 4.12. The molecule has 1 aromatic carbocycles. The van der Waals surface area contributed by atoms with Gasteiger partial charge in [-0.05, 0) is 42.8 Å². The topological polar surface area (TPSA) is 54.9 Å². The predicted molar refractivity (Wildman–Crippen MR) is 105 cm³/mol. The zero-order valence-electron chi connectivity index (χ0n) is 14.8. The van der Waals surface area contributed by atoms with Crippen LogP contribution in [0.15, 0.2) is 41.9 Å². The van der Waals surface area contributed by atoms with Crippen molar-refractivity contribution in [2.75, 3.05) is 5.32 Å². The number of pyridine rings is 1. The molecule has 0 aliphatic heterocycles. The fourth-order valence-corrected chi connectivity index (χ4v) is 3.16. The largest absolute Gasteiger partial charge is 0.322 e. The van der Waals surface area contributed by atoms with Crippen LogP contribution in [0.3, 0.4) is 0 Å². The molecule has 0 radical (unpaired) electrons. The van der Waals surface area contributed by atoms with Crippen LogP contribution in [-0.2, 0) is 10.2 Å². The standard InChI is InChI=1S/C20H21N3OS/c1-13-14(5-9-18(22-13)20(2,3)4)6-10-19(24)23-15-7-8-16-17(11-15)25-12-21-16/h5-12H,1-4H3,(H,23,24). The van der Waals surface area contributed by atoms with E-state index in [-0.39, 0.29) is 11.3 Å². The van der Waals surface area contributed by atoms with Crippen LogP contribution < -0.4 is 5.32 Å². The number of benzene rings is 1. The summed E-state index contributed by atoms with van der Waals surface area (Å²) < 4.78 is 1.06. The molecule has 128 valence electrons. The van der Waals surface area contributed by atoms with Crippen molar-refractivity contribution in [2.45, 2.75) is 33.1 Å². The summed E-state index contributed by atoms with van der Waals surface area (Å²) in [5.74, 6) is -0.164. The predicted octanol–water partition coefficient (Wildman–Crippen LogP) is 4.95. The van der Waals surface area contributed by atoms with Crippen LogP contribution in [0, 0.1) is 6.92 Å². The molecule has 5 heteroatoms. The Balaban J connectivity index is 1.71. The fraction of sp³-hybridized carbons (Fsp3) is 0.250. The number of hydrogen-bond donors (Lipinski definition) is 1. The monoisotopic (exact) mass is 351 g/mol. The first-order valence-corrected chi connectivity index (χ1v) is 9.01. The van der Waals surface area contributed by atoms with Gasteiger partial charge in [-0.1, -0.05) is 26.8 Å². The summed E-state index contributed by atoms with van der Waals surface area (Å²) >= 11 is 1.56. The van der Waals surface area contributed by atoms with Gasteiger partial charge in [0, 0.05) is 28.6 Å². The molecule has 3 aromatic rings. The third-order valence-corrected chi connectivity index (χ3v) is 4.70. The normalized spacial score (nSPS) is 12.0. The number of hydrogen-bond acceptors (Lipinski definition) is 4. The number of aryl methyl sites for hydroxylation is 1. The van der Waals surface area contributed by atoms with Gasteiger partial charge in [-0.2, -0.15) is 0 Å². The molecular weight excluding hydrogens is 330 g/mol. The molecule has 1 N–H and O–H groups in total. The average Bonchev–Trinajstić information content (AvgIpc) is 3.00. The minimum atomic E-state index is -0.164. The van der Waals surface area contributed by atoms with E-state index in [2.05, 4.69) is 36.1 Å². The number of anilines is 1. The number of thiazole rings is 1. The van der Waals surface area contributed by atoms with E-state index in [4.69, 9.17) is 0 Å². The summed E-state index contributed by atoms with van der Waals surface area (Å²) in [6, 6.07) is 9.73. The lowest BCUT2D eigenvalue weighted by Gasteiger charge is -2.18. The minimum absolute atomic E-state index is 0.0136. The maximum absolute atomic E-state index is 12.2. The Morgan fingerprint density at radius 3 is 2.72 bits per heavy atom. The summed E-state index contributed by atoms with van der Waals surface area (Å²) in [7, 11) is 0. The van der Waals surface area contributed by atoms with Crippen molar-refractivity contribution in [3.05, 3.63) is 58.9 Å². The van der Waals surface area contributed by atoms with Crippen molar-refractivity contribution in [3.8, 4) is 0 Å². The third-order valence-electron chi connectivity index (χ3n) is 3.91. The maximum atomic E-state index is 12.2. The quantitative estimate of drug-likeness (QED) is 0.679. The van der Waals surface area contributed by atoms with Gasteiger partial charge in [-0.25, -0.2) is 4.98 Å². The lowest BCUT2D eigenvalue weighted by atomic mass is 9.91. The zero-order valence-corrected chi connectivity index (χ0v) is 15.6. The number of fused-ring (bicyclic) bond motifs is 1. The second-order valence-electron chi connectivity index (χ2n) is 6.98. The van der Waals surface area contributed by atoms with Crippen LogP contribution in [0.5, 0.6) is 0 Å². The van der Waals surface area contributed by atoms with Gasteiger partial charge in [-0.15, -0.1) is 11.3 Å².